The van der Waals surface area contributed by atoms with E-state index in [1.807, 2.05) is 6.92 Å². The SMILES string of the molecule is CCNC(=O)c1cc(S(=O)(=O)N(CC)CC)cn1C. The first-order valence-corrected chi connectivity index (χ1v) is 7.77. The molecule has 0 aromatic carbocycles. The summed E-state index contributed by atoms with van der Waals surface area (Å²) < 4.78 is 27.5. The van der Waals surface area contributed by atoms with Gasteiger partial charge in [0, 0.05) is 32.9 Å². The Labute approximate surface area is 114 Å². The standard InChI is InChI=1S/C12H21N3O3S/c1-5-13-12(16)11-8-10(9-14(11)4)19(17,18)15(6-2)7-3/h8-9H,5-7H2,1-4H3,(H,13,16). The number of aryl methyl sites for hydroxylation is 1. The van der Waals surface area contributed by atoms with Crippen molar-refractivity contribution in [3.63, 3.8) is 0 Å². The first-order chi connectivity index (χ1) is 8.88. The van der Waals surface area contributed by atoms with Crippen LogP contribution >= 0.6 is 0 Å². The van der Waals surface area contributed by atoms with Gasteiger partial charge in [0.05, 0.1) is 0 Å². The maximum Gasteiger partial charge on any atom is 0.267 e. The van der Waals surface area contributed by atoms with Crippen LogP contribution in [0.25, 0.3) is 0 Å². The smallest absolute Gasteiger partial charge is 0.267 e. The number of nitrogens with zero attached hydrogens (tertiary/aromatic N) is 2. The lowest BCUT2D eigenvalue weighted by Gasteiger charge is -2.17. The van der Waals surface area contributed by atoms with E-state index in [9.17, 15) is 13.2 Å². The zero-order valence-corrected chi connectivity index (χ0v) is 12.6. The van der Waals surface area contributed by atoms with Crippen LogP contribution in [0.3, 0.4) is 0 Å². The second-order valence-corrected chi connectivity index (χ2v) is 6.06. The molecule has 0 aliphatic carbocycles. The van der Waals surface area contributed by atoms with E-state index in [1.165, 1.54) is 21.1 Å². The molecule has 1 amide bonds. The minimum absolute atomic E-state index is 0.153. The van der Waals surface area contributed by atoms with Gasteiger partial charge in [-0.1, -0.05) is 13.8 Å². The van der Waals surface area contributed by atoms with Crippen molar-refractivity contribution in [3.05, 3.63) is 18.0 Å². The fourth-order valence-electron chi connectivity index (χ4n) is 1.86. The monoisotopic (exact) mass is 287 g/mol. The van der Waals surface area contributed by atoms with Gasteiger partial charge in [-0.25, -0.2) is 8.42 Å². The summed E-state index contributed by atoms with van der Waals surface area (Å²) in [7, 11) is -1.86. The predicted octanol–water partition coefficient (Wildman–Crippen LogP) is 0.805. The largest absolute Gasteiger partial charge is 0.351 e. The number of sulfonamides is 1. The van der Waals surface area contributed by atoms with E-state index in [2.05, 4.69) is 5.32 Å². The number of rotatable bonds is 6. The van der Waals surface area contributed by atoms with E-state index >= 15 is 0 Å². The Balaban J connectivity index is 3.17. The summed E-state index contributed by atoms with van der Waals surface area (Å²) in [6.45, 7) is 6.70. The second kappa shape index (κ2) is 6.21. The van der Waals surface area contributed by atoms with E-state index in [-0.39, 0.29) is 10.8 Å². The third-order valence-electron chi connectivity index (χ3n) is 2.89. The Morgan fingerprint density at radius 3 is 2.37 bits per heavy atom. The summed E-state index contributed by atoms with van der Waals surface area (Å²) in [6, 6.07) is 1.42. The highest BCUT2D eigenvalue weighted by molar-refractivity contribution is 7.89. The van der Waals surface area contributed by atoms with Crippen molar-refractivity contribution in [3.8, 4) is 0 Å². The topological polar surface area (TPSA) is 71.4 Å². The van der Waals surface area contributed by atoms with E-state index < -0.39 is 10.0 Å². The molecule has 6 nitrogen and oxygen atoms in total. The minimum atomic E-state index is -3.52. The maximum absolute atomic E-state index is 12.3. The fourth-order valence-corrected chi connectivity index (χ4v) is 3.39. The Hall–Kier alpha value is -1.34. The molecule has 0 unspecified atom stereocenters. The van der Waals surface area contributed by atoms with Gasteiger partial charge in [-0.2, -0.15) is 4.31 Å². The van der Waals surface area contributed by atoms with Crippen molar-refractivity contribution >= 4 is 15.9 Å². The Morgan fingerprint density at radius 1 is 1.32 bits per heavy atom. The summed E-state index contributed by atoms with van der Waals surface area (Å²) in [4.78, 5) is 11.9. The van der Waals surface area contributed by atoms with Gasteiger partial charge in [-0.15, -0.1) is 0 Å². The summed E-state index contributed by atoms with van der Waals surface area (Å²) in [6.07, 6.45) is 1.47. The lowest BCUT2D eigenvalue weighted by atomic mass is 10.4. The van der Waals surface area contributed by atoms with E-state index in [0.717, 1.165) is 0 Å². The third kappa shape index (κ3) is 3.16. The van der Waals surface area contributed by atoms with Crippen LogP contribution in [-0.4, -0.2) is 42.8 Å². The number of aromatic nitrogens is 1. The highest BCUT2D eigenvalue weighted by Crippen LogP contribution is 2.18. The number of hydrogen-bond donors (Lipinski definition) is 1. The quantitative estimate of drug-likeness (QED) is 0.841. The van der Waals surface area contributed by atoms with Crippen molar-refractivity contribution in [1.29, 1.82) is 0 Å². The minimum Gasteiger partial charge on any atom is -0.351 e. The molecule has 1 aromatic rings. The number of amides is 1. The number of carbonyl (C=O) groups is 1. The zero-order chi connectivity index (χ0) is 14.6. The normalized spacial score (nSPS) is 11.8. The Morgan fingerprint density at radius 2 is 1.89 bits per heavy atom. The van der Waals surface area contributed by atoms with E-state index in [4.69, 9.17) is 0 Å². The van der Waals surface area contributed by atoms with Crippen LogP contribution < -0.4 is 5.32 Å². The van der Waals surface area contributed by atoms with Gasteiger partial charge in [0.2, 0.25) is 10.0 Å². The van der Waals surface area contributed by atoms with Gasteiger partial charge in [0.15, 0.2) is 0 Å². The van der Waals surface area contributed by atoms with E-state index in [1.54, 1.807) is 20.9 Å². The molecule has 0 spiro atoms. The van der Waals surface area contributed by atoms with E-state index in [0.29, 0.717) is 25.3 Å². The van der Waals surface area contributed by atoms with Crippen molar-refractivity contribution in [2.75, 3.05) is 19.6 Å². The van der Waals surface area contributed by atoms with Crippen LogP contribution in [0.2, 0.25) is 0 Å². The van der Waals surface area contributed by atoms with Crippen molar-refractivity contribution in [1.82, 2.24) is 14.2 Å². The molecule has 1 rings (SSSR count). The van der Waals surface area contributed by atoms with Gasteiger partial charge >= 0.3 is 0 Å². The van der Waals surface area contributed by atoms with Gasteiger partial charge in [-0.05, 0) is 13.0 Å². The van der Waals surface area contributed by atoms with Gasteiger partial charge < -0.3 is 9.88 Å². The average Bonchev–Trinajstić information content (AvgIpc) is 2.73. The molecule has 0 radical (unpaired) electrons. The fraction of sp³-hybridized carbons (Fsp3) is 0.583. The molecule has 0 fully saturated rings. The molecular weight excluding hydrogens is 266 g/mol. The highest BCUT2D eigenvalue weighted by Gasteiger charge is 2.25. The molecule has 19 heavy (non-hydrogen) atoms. The molecule has 0 bridgehead atoms. The Bertz CT molecular complexity index is 545. The number of nitrogens with one attached hydrogen (secondary N) is 1. The molecule has 0 atom stereocenters. The molecule has 1 N–H and O–H groups in total. The molecule has 1 heterocycles. The van der Waals surface area contributed by atoms with Crippen LogP contribution in [0, 0.1) is 0 Å². The third-order valence-corrected chi connectivity index (χ3v) is 4.91. The molecule has 0 saturated carbocycles. The molecule has 1 aromatic heterocycles. The van der Waals surface area contributed by atoms with Gasteiger partial charge in [0.25, 0.3) is 5.91 Å². The number of hydrogen-bond acceptors (Lipinski definition) is 3. The Kier molecular flexibility index (Phi) is 5.13. The molecular formula is C12H21N3O3S. The van der Waals surface area contributed by atoms with Crippen LogP contribution in [0.1, 0.15) is 31.3 Å². The molecule has 0 aliphatic heterocycles. The molecule has 7 heteroatoms. The van der Waals surface area contributed by atoms with Crippen molar-refractivity contribution < 1.29 is 13.2 Å². The van der Waals surface area contributed by atoms with Crippen LogP contribution in [0.15, 0.2) is 17.2 Å². The van der Waals surface area contributed by atoms with Crippen LogP contribution in [0.4, 0.5) is 0 Å². The number of carbonyl (C=O) groups excluding carboxylic acids is 1. The van der Waals surface area contributed by atoms with Crippen LogP contribution in [-0.2, 0) is 17.1 Å². The zero-order valence-electron chi connectivity index (χ0n) is 11.8. The lowest BCUT2D eigenvalue weighted by molar-refractivity contribution is 0.0947. The summed E-state index contributed by atoms with van der Waals surface area (Å²) in [5.74, 6) is -0.272. The highest BCUT2D eigenvalue weighted by atomic mass is 32.2. The average molecular weight is 287 g/mol. The molecule has 0 aliphatic rings. The first-order valence-electron chi connectivity index (χ1n) is 6.33. The maximum atomic E-state index is 12.3. The molecule has 0 saturated heterocycles. The summed E-state index contributed by atoms with van der Waals surface area (Å²) >= 11 is 0. The predicted molar refractivity (Wildman–Crippen MR) is 73.5 cm³/mol. The lowest BCUT2D eigenvalue weighted by Crippen LogP contribution is -2.30. The molecule has 108 valence electrons. The van der Waals surface area contributed by atoms with Gasteiger partial charge in [0.1, 0.15) is 10.6 Å². The first kappa shape index (κ1) is 15.7. The van der Waals surface area contributed by atoms with Gasteiger partial charge in [-0.3, -0.25) is 4.79 Å². The summed E-state index contributed by atoms with van der Waals surface area (Å²) in [5.41, 5.74) is 0.340. The van der Waals surface area contributed by atoms with Crippen molar-refractivity contribution in [2.24, 2.45) is 7.05 Å². The van der Waals surface area contributed by atoms with Crippen LogP contribution in [0.5, 0.6) is 0 Å². The van der Waals surface area contributed by atoms with Crippen molar-refractivity contribution in [2.45, 2.75) is 25.7 Å². The summed E-state index contributed by atoms with van der Waals surface area (Å²) in [5, 5.41) is 2.66. The second-order valence-electron chi connectivity index (χ2n) is 4.12.